The molecule has 0 fully saturated rings. The van der Waals surface area contributed by atoms with E-state index in [0.29, 0.717) is 5.69 Å². The number of nitrogens with zero attached hydrogens (tertiary/aromatic N) is 2. The highest BCUT2D eigenvalue weighted by molar-refractivity contribution is 9.10. The van der Waals surface area contributed by atoms with Gasteiger partial charge in [-0.3, -0.25) is 0 Å². The molecule has 0 atom stereocenters. The number of anilines is 4. The van der Waals surface area contributed by atoms with E-state index in [1.165, 1.54) is 0 Å². The fourth-order valence-corrected chi connectivity index (χ4v) is 2.11. The van der Waals surface area contributed by atoms with Gasteiger partial charge in [0.15, 0.2) is 0 Å². The second-order valence-corrected chi connectivity index (χ2v) is 5.36. The number of halogens is 1. The summed E-state index contributed by atoms with van der Waals surface area (Å²) in [4.78, 5) is 6.37. The summed E-state index contributed by atoms with van der Waals surface area (Å²) in [6.45, 7) is 1.96. The van der Waals surface area contributed by atoms with Gasteiger partial charge in [-0.15, -0.1) is 0 Å². The molecule has 0 saturated heterocycles. The lowest BCUT2D eigenvalue weighted by Crippen LogP contribution is -2.08. The van der Waals surface area contributed by atoms with Crippen LogP contribution >= 0.6 is 15.9 Å². The van der Waals surface area contributed by atoms with E-state index < -0.39 is 0 Å². The van der Waals surface area contributed by atoms with Crippen LogP contribution in [0.2, 0.25) is 0 Å². The molecular weight excluding hydrogens is 304 g/mol. The zero-order chi connectivity index (χ0) is 14.0. The molecule has 0 bridgehead atoms. The van der Waals surface area contributed by atoms with E-state index >= 15 is 0 Å². The fraction of sp³-hybridized carbons (Fsp3) is 0.214. The van der Waals surface area contributed by atoms with Gasteiger partial charge < -0.3 is 16.0 Å². The molecule has 0 aliphatic rings. The first kappa shape index (κ1) is 13.7. The van der Waals surface area contributed by atoms with Crippen LogP contribution in [0.25, 0.3) is 0 Å². The molecule has 0 spiro atoms. The van der Waals surface area contributed by atoms with Crippen molar-refractivity contribution in [3.05, 3.63) is 40.5 Å². The van der Waals surface area contributed by atoms with Gasteiger partial charge in [-0.2, -0.15) is 0 Å². The maximum atomic E-state index is 5.82. The Balaban J connectivity index is 2.31. The molecule has 0 unspecified atom stereocenters. The summed E-state index contributed by atoms with van der Waals surface area (Å²) in [6.07, 6.45) is 1.66. The molecule has 100 valence electrons. The van der Waals surface area contributed by atoms with Crippen molar-refractivity contribution < 1.29 is 0 Å². The normalized spacial score (nSPS) is 10.3. The van der Waals surface area contributed by atoms with Crippen LogP contribution in [0.4, 0.5) is 22.9 Å². The number of nitrogens with one attached hydrogen (secondary N) is 1. The van der Waals surface area contributed by atoms with Gasteiger partial charge in [0.25, 0.3) is 0 Å². The van der Waals surface area contributed by atoms with Crippen molar-refractivity contribution in [1.29, 1.82) is 0 Å². The Morgan fingerprint density at radius 2 is 2.05 bits per heavy atom. The van der Waals surface area contributed by atoms with Crippen molar-refractivity contribution >= 4 is 38.8 Å². The summed E-state index contributed by atoms with van der Waals surface area (Å²) >= 11 is 3.52. The molecule has 3 N–H and O–H groups in total. The highest BCUT2D eigenvalue weighted by Gasteiger charge is 2.08. The van der Waals surface area contributed by atoms with Gasteiger partial charge in [-0.1, -0.05) is 6.07 Å². The number of hydrogen-bond acceptors (Lipinski definition) is 4. The monoisotopic (exact) mass is 320 g/mol. The maximum absolute atomic E-state index is 5.82. The van der Waals surface area contributed by atoms with Crippen LogP contribution in [-0.4, -0.2) is 19.1 Å². The number of aromatic nitrogens is 1. The lowest BCUT2D eigenvalue weighted by molar-refractivity contribution is 1.13. The van der Waals surface area contributed by atoms with Gasteiger partial charge in [0.2, 0.25) is 0 Å². The zero-order valence-corrected chi connectivity index (χ0v) is 12.8. The van der Waals surface area contributed by atoms with E-state index in [1.807, 2.05) is 33.2 Å². The standard InChI is InChI=1S/C14H17BrN4/c1-9-12(16)8-17-14(13(9)15)18-10-5-4-6-11(7-10)19(2)3/h4-8H,16H2,1-3H3,(H,17,18). The summed E-state index contributed by atoms with van der Waals surface area (Å²) in [5.74, 6) is 0.766. The third-order valence-electron chi connectivity index (χ3n) is 2.93. The van der Waals surface area contributed by atoms with Gasteiger partial charge in [0.1, 0.15) is 5.82 Å². The Morgan fingerprint density at radius 1 is 1.32 bits per heavy atom. The SMILES string of the molecule is Cc1c(N)cnc(Nc2cccc(N(C)C)c2)c1Br. The highest BCUT2D eigenvalue weighted by Crippen LogP contribution is 2.30. The van der Waals surface area contributed by atoms with Crippen LogP contribution in [0, 0.1) is 6.92 Å². The average Bonchev–Trinajstić information content (AvgIpc) is 2.40. The molecule has 1 heterocycles. The van der Waals surface area contributed by atoms with Crippen molar-refractivity contribution in [1.82, 2.24) is 4.98 Å². The van der Waals surface area contributed by atoms with Crippen molar-refractivity contribution in [2.24, 2.45) is 0 Å². The van der Waals surface area contributed by atoms with Crippen molar-refractivity contribution in [2.45, 2.75) is 6.92 Å². The summed E-state index contributed by atoms with van der Waals surface area (Å²) in [6, 6.07) is 8.14. The van der Waals surface area contributed by atoms with Crippen LogP contribution in [-0.2, 0) is 0 Å². The number of benzene rings is 1. The minimum absolute atomic E-state index is 0.680. The smallest absolute Gasteiger partial charge is 0.145 e. The molecule has 0 amide bonds. The van der Waals surface area contributed by atoms with Crippen LogP contribution < -0.4 is 16.0 Å². The summed E-state index contributed by atoms with van der Waals surface area (Å²) < 4.78 is 0.891. The predicted molar refractivity (Wildman–Crippen MR) is 85.1 cm³/mol. The van der Waals surface area contributed by atoms with E-state index in [9.17, 15) is 0 Å². The number of rotatable bonds is 3. The van der Waals surface area contributed by atoms with Crippen LogP contribution in [0.1, 0.15) is 5.56 Å². The van der Waals surface area contributed by atoms with E-state index in [0.717, 1.165) is 27.2 Å². The third kappa shape index (κ3) is 2.98. The molecule has 0 saturated carbocycles. The number of hydrogen-bond donors (Lipinski definition) is 2. The Hall–Kier alpha value is -1.75. The summed E-state index contributed by atoms with van der Waals surface area (Å²) in [5.41, 5.74) is 9.61. The molecule has 2 aromatic rings. The minimum atomic E-state index is 0.680. The van der Waals surface area contributed by atoms with E-state index in [1.54, 1.807) is 6.20 Å². The molecule has 4 nitrogen and oxygen atoms in total. The molecule has 2 rings (SSSR count). The molecule has 0 radical (unpaired) electrons. The van der Waals surface area contributed by atoms with Gasteiger partial charge in [-0.25, -0.2) is 4.98 Å². The Morgan fingerprint density at radius 3 is 2.74 bits per heavy atom. The van der Waals surface area contributed by atoms with Gasteiger partial charge >= 0.3 is 0 Å². The molecule has 19 heavy (non-hydrogen) atoms. The van der Waals surface area contributed by atoms with Crippen molar-refractivity contribution in [3.63, 3.8) is 0 Å². The minimum Gasteiger partial charge on any atom is -0.397 e. The van der Waals surface area contributed by atoms with Crippen LogP contribution in [0.5, 0.6) is 0 Å². The maximum Gasteiger partial charge on any atom is 0.145 e. The molecule has 1 aromatic carbocycles. The van der Waals surface area contributed by atoms with Crippen molar-refractivity contribution in [3.8, 4) is 0 Å². The van der Waals surface area contributed by atoms with E-state index in [4.69, 9.17) is 5.73 Å². The predicted octanol–water partition coefficient (Wildman–Crippen LogP) is 3.54. The van der Waals surface area contributed by atoms with Gasteiger partial charge in [0, 0.05) is 25.5 Å². The number of pyridine rings is 1. The molecule has 0 aliphatic heterocycles. The largest absolute Gasteiger partial charge is 0.397 e. The second-order valence-electron chi connectivity index (χ2n) is 4.57. The van der Waals surface area contributed by atoms with Gasteiger partial charge in [-0.05, 0) is 46.6 Å². The zero-order valence-electron chi connectivity index (χ0n) is 11.2. The Bertz CT molecular complexity index is 596. The summed E-state index contributed by atoms with van der Waals surface area (Å²) in [7, 11) is 4.03. The van der Waals surface area contributed by atoms with E-state index in [2.05, 4.69) is 43.3 Å². The quantitative estimate of drug-likeness (QED) is 0.908. The first-order chi connectivity index (χ1) is 8.99. The topological polar surface area (TPSA) is 54.2 Å². The van der Waals surface area contributed by atoms with Crippen LogP contribution in [0.15, 0.2) is 34.9 Å². The third-order valence-corrected chi connectivity index (χ3v) is 3.90. The second kappa shape index (κ2) is 5.48. The first-order valence-corrected chi connectivity index (χ1v) is 6.73. The lowest BCUT2D eigenvalue weighted by atomic mass is 10.2. The molecular formula is C14H17BrN4. The Labute approximate surface area is 121 Å². The van der Waals surface area contributed by atoms with E-state index in [-0.39, 0.29) is 0 Å². The molecule has 5 heteroatoms. The molecule has 1 aromatic heterocycles. The number of nitrogens with two attached hydrogens (primary N) is 1. The van der Waals surface area contributed by atoms with Crippen LogP contribution in [0.3, 0.4) is 0 Å². The first-order valence-electron chi connectivity index (χ1n) is 5.94. The Kier molecular flexibility index (Phi) is 3.95. The van der Waals surface area contributed by atoms with Crippen molar-refractivity contribution in [2.75, 3.05) is 30.0 Å². The average molecular weight is 321 g/mol. The molecule has 0 aliphatic carbocycles. The highest BCUT2D eigenvalue weighted by atomic mass is 79.9. The van der Waals surface area contributed by atoms with Gasteiger partial charge in [0.05, 0.1) is 16.4 Å². The number of nitrogen functional groups attached to an aromatic ring is 1. The summed E-state index contributed by atoms with van der Waals surface area (Å²) in [5, 5.41) is 3.30. The lowest BCUT2D eigenvalue weighted by Gasteiger charge is -2.15. The fourth-order valence-electron chi connectivity index (χ4n) is 1.68.